The number of hydrogen-bond donors (Lipinski definition) is 1. The van der Waals surface area contributed by atoms with Gasteiger partial charge in [-0.3, -0.25) is 9.59 Å². The molecule has 2 aliphatic rings. The lowest BCUT2D eigenvalue weighted by Gasteiger charge is -2.21. The Labute approximate surface area is 103 Å². The molecule has 0 aromatic heterocycles. The van der Waals surface area contributed by atoms with Crippen LogP contribution in [-0.4, -0.2) is 36.2 Å². The Morgan fingerprint density at radius 1 is 1.59 bits per heavy atom. The third-order valence-electron chi connectivity index (χ3n) is 4.37. The van der Waals surface area contributed by atoms with Crippen LogP contribution in [0.5, 0.6) is 0 Å². The van der Waals surface area contributed by atoms with Crippen molar-refractivity contribution in [2.24, 2.45) is 17.1 Å². The van der Waals surface area contributed by atoms with Crippen LogP contribution in [0.25, 0.3) is 0 Å². The molecule has 2 unspecified atom stereocenters. The highest BCUT2D eigenvalue weighted by Gasteiger charge is 2.38. The molecule has 4 nitrogen and oxygen atoms in total. The van der Waals surface area contributed by atoms with Gasteiger partial charge in [0.25, 0.3) is 0 Å². The molecular formula is C13H22N2O2. The number of carbonyl (C=O) groups excluding carboxylic acids is 2. The minimum Gasteiger partial charge on any atom is -0.369 e. The van der Waals surface area contributed by atoms with Crippen molar-refractivity contribution in [1.29, 1.82) is 0 Å². The predicted octanol–water partition coefficient (Wildman–Crippen LogP) is 0.943. The highest BCUT2D eigenvalue weighted by Crippen LogP contribution is 2.31. The van der Waals surface area contributed by atoms with Crippen molar-refractivity contribution in [2.45, 2.75) is 39.0 Å². The van der Waals surface area contributed by atoms with E-state index in [1.54, 1.807) is 0 Å². The van der Waals surface area contributed by atoms with Crippen LogP contribution in [0.1, 0.15) is 39.0 Å². The lowest BCUT2D eigenvalue weighted by molar-refractivity contribution is -0.126. The van der Waals surface area contributed by atoms with Crippen LogP contribution in [0, 0.1) is 11.3 Å². The number of nitrogens with two attached hydrogens (primary N) is 1. The van der Waals surface area contributed by atoms with Gasteiger partial charge in [-0.2, -0.15) is 0 Å². The second kappa shape index (κ2) is 4.77. The lowest BCUT2D eigenvalue weighted by Crippen LogP contribution is -2.37. The molecule has 2 fully saturated rings. The molecule has 17 heavy (non-hydrogen) atoms. The van der Waals surface area contributed by atoms with E-state index in [1.807, 2.05) is 6.92 Å². The summed E-state index contributed by atoms with van der Waals surface area (Å²) < 4.78 is 0. The Morgan fingerprint density at radius 2 is 2.35 bits per heavy atom. The first kappa shape index (κ1) is 12.6. The second-order valence-corrected chi connectivity index (χ2v) is 5.80. The Kier molecular flexibility index (Phi) is 3.52. The number of ketones is 1. The molecule has 2 atom stereocenters. The number of carbonyl (C=O) groups is 2. The summed E-state index contributed by atoms with van der Waals surface area (Å²) in [7, 11) is 0. The molecule has 0 bridgehead atoms. The van der Waals surface area contributed by atoms with E-state index in [-0.39, 0.29) is 17.2 Å². The third kappa shape index (κ3) is 2.68. The lowest BCUT2D eigenvalue weighted by atomic mass is 9.89. The summed E-state index contributed by atoms with van der Waals surface area (Å²) in [6, 6.07) is 0. The monoisotopic (exact) mass is 238 g/mol. The fourth-order valence-corrected chi connectivity index (χ4v) is 2.98. The van der Waals surface area contributed by atoms with Crippen LogP contribution in [0.4, 0.5) is 0 Å². The zero-order valence-corrected chi connectivity index (χ0v) is 10.6. The van der Waals surface area contributed by atoms with Crippen LogP contribution in [0.15, 0.2) is 0 Å². The maximum atomic E-state index is 11.5. The molecule has 1 aliphatic heterocycles. The van der Waals surface area contributed by atoms with Gasteiger partial charge in [0, 0.05) is 18.9 Å². The van der Waals surface area contributed by atoms with Crippen molar-refractivity contribution in [3.8, 4) is 0 Å². The first-order chi connectivity index (χ1) is 8.01. The molecule has 2 rings (SSSR count). The van der Waals surface area contributed by atoms with Crippen molar-refractivity contribution >= 4 is 11.7 Å². The summed E-state index contributed by atoms with van der Waals surface area (Å²) in [6.07, 6.45) is 4.68. The summed E-state index contributed by atoms with van der Waals surface area (Å²) in [4.78, 5) is 25.1. The minimum absolute atomic E-state index is 0.197. The van der Waals surface area contributed by atoms with E-state index >= 15 is 0 Å². The Balaban J connectivity index is 1.78. The molecule has 1 saturated heterocycles. The standard InChI is InChI=1S/C13H22N2O2/c1-13(12(14)17)6-8-15(9-13)7-5-10-3-2-4-11(10)16/h10H,2-9H2,1H3,(H2,14,17). The average molecular weight is 238 g/mol. The molecule has 1 saturated carbocycles. The van der Waals surface area contributed by atoms with Gasteiger partial charge < -0.3 is 10.6 Å². The Morgan fingerprint density at radius 3 is 2.88 bits per heavy atom. The van der Waals surface area contributed by atoms with E-state index in [1.165, 1.54) is 0 Å². The van der Waals surface area contributed by atoms with Gasteiger partial charge in [-0.15, -0.1) is 0 Å². The average Bonchev–Trinajstić information content (AvgIpc) is 2.83. The van der Waals surface area contributed by atoms with Crippen LogP contribution < -0.4 is 5.73 Å². The summed E-state index contributed by atoms with van der Waals surface area (Å²) in [5.74, 6) is 0.509. The summed E-state index contributed by atoms with van der Waals surface area (Å²) in [6.45, 7) is 4.55. The zero-order chi connectivity index (χ0) is 12.5. The number of Topliss-reactive ketones (excluding diaryl/α,β-unsaturated/α-hetero) is 1. The van der Waals surface area contributed by atoms with Gasteiger partial charge in [0.2, 0.25) is 5.91 Å². The molecule has 0 aromatic rings. The van der Waals surface area contributed by atoms with E-state index < -0.39 is 0 Å². The minimum atomic E-state index is -0.361. The van der Waals surface area contributed by atoms with E-state index in [2.05, 4.69) is 4.90 Å². The number of rotatable bonds is 4. The van der Waals surface area contributed by atoms with Gasteiger partial charge in [-0.05, 0) is 45.7 Å². The van der Waals surface area contributed by atoms with Crippen molar-refractivity contribution in [1.82, 2.24) is 4.90 Å². The van der Waals surface area contributed by atoms with Crippen LogP contribution in [0.3, 0.4) is 0 Å². The zero-order valence-electron chi connectivity index (χ0n) is 10.6. The smallest absolute Gasteiger partial charge is 0.224 e. The molecular weight excluding hydrogens is 216 g/mol. The summed E-state index contributed by atoms with van der Waals surface area (Å²) in [5, 5.41) is 0. The third-order valence-corrected chi connectivity index (χ3v) is 4.37. The number of hydrogen-bond acceptors (Lipinski definition) is 3. The molecule has 1 heterocycles. The highest BCUT2D eigenvalue weighted by molar-refractivity contribution is 5.82. The molecule has 0 radical (unpaired) electrons. The quantitative estimate of drug-likeness (QED) is 0.793. The van der Waals surface area contributed by atoms with Gasteiger partial charge in [-0.1, -0.05) is 0 Å². The molecule has 0 spiro atoms. The SMILES string of the molecule is CC1(C(N)=O)CCN(CCC2CCCC2=O)C1. The molecule has 1 amide bonds. The fraction of sp³-hybridized carbons (Fsp3) is 0.846. The second-order valence-electron chi connectivity index (χ2n) is 5.80. The topological polar surface area (TPSA) is 63.4 Å². The van der Waals surface area contributed by atoms with Gasteiger partial charge in [-0.25, -0.2) is 0 Å². The number of amides is 1. The van der Waals surface area contributed by atoms with Gasteiger partial charge in [0.1, 0.15) is 5.78 Å². The predicted molar refractivity (Wildman–Crippen MR) is 65.3 cm³/mol. The van der Waals surface area contributed by atoms with E-state index in [9.17, 15) is 9.59 Å². The Hall–Kier alpha value is -0.900. The first-order valence-electron chi connectivity index (χ1n) is 6.56. The number of primary amides is 1. The molecule has 0 aromatic carbocycles. The molecule has 4 heteroatoms. The maximum absolute atomic E-state index is 11.5. The molecule has 1 aliphatic carbocycles. The molecule has 96 valence electrons. The van der Waals surface area contributed by atoms with Crippen molar-refractivity contribution in [3.63, 3.8) is 0 Å². The normalized spacial score (nSPS) is 34.4. The Bertz CT molecular complexity index is 329. The number of likely N-dealkylation sites (tertiary alicyclic amines) is 1. The van der Waals surface area contributed by atoms with Crippen molar-refractivity contribution in [2.75, 3.05) is 19.6 Å². The van der Waals surface area contributed by atoms with E-state index in [0.717, 1.165) is 51.7 Å². The maximum Gasteiger partial charge on any atom is 0.224 e. The molecule has 2 N–H and O–H groups in total. The van der Waals surface area contributed by atoms with Gasteiger partial charge >= 0.3 is 0 Å². The number of nitrogens with zero attached hydrogens (tertiary/aromatic N) is 1. The summed E-state index contributed by atoms with van der Waals surface area (Å²) in [5.41, 5.74) is 5.05. The highest BCUT2D eigenvalue weighted by atomic mass is 16.1. The first-order valence-corrected chi connectivity index (χ1v) is 6.56. The van der Waals surface area contributed by atoms with Gasteiger partial charge in [0.05, 0.1) is 5.41 Å². The largest absolute Gasteiger partial charge is 0.369 e. The summed E-state index contributed by atoms with van der Waals surface area (Å²) >= 11 is 0. The van der Waals surface area contributed by atoms with Crippen LogP contribution in [-0.2, 0) is 9.59 Å². The van der Waals surface area contributed by atoms with Gasteiger partial charge in [0.15, 0.2) is 0 Å². The van der Waals surface area contributed by atoms with E-state index in [0.29, 0.717) is 5.78 Å². The van der Waals surface area contributed by atoms with E-state index in [4.69, 9.17) is 5.73 Å². The van der Waals surface area contributed by atoms with Crippen LogP contribution >= 0.6 is 0 Å². The van der Waals surface area contributed by atoms with Crippen molar-refractivity contribution < 1.29 is 9.59 Å². The van der Waals surface area contributed by atoms with Crippen LogP contribution in [0.2, 0.25) is 0 Å². The fourth-order valence-electron chi connectivity index (χ4n) is 2.98. The van der Waals surface area contributed by atoms with Crippen molar-refractivity contribution in [3.05, 3.63) is 0 Å².